The summed E-state index contributed by atoms with van der Waals surface area (Å²) in [6.45, 7) is 5.64. The Morgan fingerprint density at radius 3 is 2.33 bits per heavy atom. The van der Waals surface area contributed by atoms with E-state index in [0.717, 1.165) is 79.4 Å². The van der Waals surface area contributed by atoms with Crippen LogP contribution in [0.25, 0.3) is 16.8 Å². The number of likely N-dealkylation sites (tertiary alicyclic amines) is 2. The average molecular weight is 697 g/mol. The molecule has 3 saturated heterocycles. The van der Waals surface area contributed by atoms with E-state index in [1.54, 1.807) is 11.0 Å². The number of nitrogens with zero attached hydrogens (tertiary/aromatic N) is 2. The quantitative estimate of drug-likeness (QED) is 0.126. The summed E-state index contributed by atoms with van der Waals surface area (Å²) in [5.74, 6) is 0.214. The number of ether oxygens (including phenoxy) is 2. The van der Waals surface area contributed by atoms with Crippen LogP contribution in [0.15, 0.2) is 114 Å². The molecule has 268 valence electrons. The number of carbonyl (C=O) groups excluding carboxylic acids is 2. The molecule has 52 heavy (non-hydrogen) atoms. The Bertz CT molecular complexity index is 1980. The van der Waals surface area contributed by atoms with Crippen molar-refractivity contribution in [3.8, 4) is 11.5 Å². The number of piperidine rings is 1. The van der Waals surface area contributed by atoms with E-state index in [9.17, 15) is 14.7 Å². The van der Waals surface area contributed by atoms with Gasteiger partial charge in [-0.05, 0) is 84.4 Å². The number of phenols is 1. The van der Waals surface area contributed by atoms with E-state index in [1.807, 2.05) is 60.7 Å². The van der Waals surface area contributed by atoms with Gasteiger partial charge in [0.25, 0.3) is 0 Å². The molecule has 8 rings (SSSR count). The van der Waals surface area contributed by atoms with Gasteiger partial charge in [-0.15, -0.1) is 0 Å². The Hall–Kier alpha value is -4.72. The minimum absolute atomic E-state index is 0.000335. The molecule has 7 nitrogen and oxygen atoms in total. The van der Waals surface area contributed by atoms with E-state index < -0.39 is 0 Å². The molecule has 3 heterocycles. The minimum atomic E-state index is -0.375. The number of para-hydroxylation sites is 1. The number of allylic oxidation sites excluding steroid dienone is 1. The maximum Gasteiger partial charge on any atom is 0.234 e. The topological polar surface area (TPSA) is 79.3 Å². The monoisotopic (exact) mass is 696 g/mol. The molecule has 4 atom stereocenters. The lowest BCUT2D eigenvalue weighted by Gasteiger charge is -2.36. The first-order chi connectivity index (χ1) is 25.5. The van der Waals surface area contributed by atoms with Gasteiger partial charge >= 0.3 is 0 Å². The van der Waals surface area contributed by atoms with Crippen molar-refractivity contribution in [3.63, 3.8) is 0 Å². The summed E-state index contributed by atoms with van der Waals surface area (Å²) in [6.07, 6.45) is 6.79. The van der Waals surface area contributed by atoms with Crippen LogP contribution in [-0.2, 0) is 20.9 Å². The highest BCUT2D eigenvalue weighted by molar-refractivity contribution is 6.06. The van der Waals surface area contributed by atoms with Crippen molar-refractivity contribution in [2.24, 2.45) is 17.8 Å². The number of imide groups is 1. The molecular formula is C45H48N2O5. The molecule has 3 aliphatic heterocycles. The molecule has 0 aromatic heterocycles. The largest absolute Gasteiger partial charge is 0.507 e. The summed E-state index contributed by atoms with van der Waals surface area (Å²) in [5.41, 5.74) is 5.98. The Kier molecular flexibility index (Phi) is 9.98. The van der Waals surface area contributed by atoms with Crippen molar-refractivity contribution in [1.29, 1.82) is 0 Å². The van der Waals surface area contributed by atoms with Crippen molar-refractivity contribution in [2.45, 2.75) is 64.1 Å². The van der Waals surface area contributed by atoms with Crippen molar-refractivity contribution in [3.05, 3.63) is 125 Å². The van der Waals surface area contributed by atoms with Crippen LogP contribution in [0.1, 0.15) is 56.6 Å². The molecule has 0 saturated carbocycles. The molecule has 4 aromatic rings. The van der Waals surface area contributed by atoms with Crippen LogP contribution in [0.3, 0.4) is 0 Å². The molecular weight excluding hydrogens is 649 g/mol. The van der Waals surface area contributed by atoms with Gasteiger partial charge in [-0.1, -0.05) is 97.4 Å². The van der Waals surface area contributed by atoms with Crippen LogP contribution in [0.4, 0.5) is 0 Å². The van der Waals surface area contributed by atoms with Crippen LogP contribution in [0.5, 0.6) is 11.5 Å². The van der Waals surface area contributed by atoms with E-state index in [-0.39, 0.29) is 47.5 Å². The number of hydrogen-bond acceptors (Lipinski definition) is 6. The van der Waals surface area contributed by atoms with Crippen LogP contribution < -0.4 is 4.74 Å². The Morgan fingerprint density at radius 1 is 0.865 bits per heavy atom. The number of fused-ring (bicyclic) bond motifs is 4. The van der Waals surface area contributed by atoms with Gasteiger partial charge in [-0.25, -0.2) is 0 Å². The molecule has 3 fully saturated rings. The number of phenolic OH excluding ortho intramolecular Hbond substituents is 1. The second-order valence-electron chi connectivity index (χ2n) is 14.9. The van der Waals surface area contributed by atoms with Gasteiger partial charge in [0.2, 0.25) is 11.8 Å². The van der Waals surface area contributed by atoms with Crippen LogP contribution in [0, 0.1) is 17.8 Å². The summed E-state index contributed by atoms with van der Waals surface area (Å²) in [4.78, 5) is 32.7. The third-order valence-corrected chi connectivity index (χ3v) is 11.8. The highest BCUT2D eigenvalue weighted by Crippen LogP contribution is 2.51. The predicted molar refractivity (Wildman–Crippen MR) is 203 cm³/mol. The van der Waals surface area contributed by atoms with Gasteiger partial charge in [-0.3, -0.25) is 19.4 Å². The van der Waals surface area contributed by atoms with Crippen molar-refractivity contribution < 1.29 is 24.2 Å². The standard InChI is InChI=1S/C45H48N2O5/c1-2-30(25-32-18-19-40(48)37-16-10-9-15-36(32)37)17-20-41-42-33(28-51-35-13-7-4-8-14-35)26-38-43(39(42)29-52-41)45(50)47(44(38)49)34-21-23-46(24-22-34)27-31-11-5-3-6-12-31/h3-16,18-19,25,34,38-39,41,43,48H,2,17,20-24,26-29H2,1H3/b30-25+/t38-,39+,41-,43-/m1/s1. The number of rotatable bonds is 11. The summed E-state index contributed by atoms with van der Waals surface area (Å²) >= 11 is 0. The zero-order valence-electron chi connectivity index (χ0n) is 30.0. The normalized spacial score (nSPS) is 24.1. The summed E-state index contributed by atoms with van der Waals surface area (Å²) in [7, 11) is 0. The fraction of sp³-hybridized carbons (Fsp3) is 0.378. The zero-order chi connectivity index (χ0) is 35.6. The van der Waals surface area contributed by atoms with E-state index in [0.29, 0.717) is 19.6 Å². The number of carbonyl (C=O) groups is 2. The molecule has 2 amide bonds. The Labute approximate surface area is 306 Å². The second-order valence-corrected chi connectivity index (χ2v) is 14.9. The van der Waals surface area contributed by atoms with E-state index >= 15 is 0 Å². The first-order valence-electron chi connectivity index (χ1n) is 19.0. The van der Waals surface area contributed by atoms with Crippen LogP contribution in [0.2, 0.25) is 0 Å². The van der Waals surface area contributed by atoms with E-state index in [1.165, 1.54) is 16.7 Å². The lowest BCUT2D eigenvalue weighted by molar-refractivity contribution is -0.144. The van der Waals surface area contributed by atoms with Gasteiger partial charge in [0.05, 0.1) is 24.5 Å². The molecule has 1 aliphatic carbocycles. The molecule has 0 unspecified atom stereocenters. The third-order valence-electron chi connectivity index (χ3n) is 11.8. The first kappa shape index (κ1) is 34.4. The van der Waals surface area contributed by atoms with Gasteiger partial charge in [-0.2, -0.15) is 0 Å². The zero-order valence-corrected chi connectivity index (χ0v) is 30.0. The predicted octanol–water partition coefficient (Wildman–Crippen LogP) is 8.18. The highest BCUT2D eigenvalue weighted by Gasteiger charge is 2.58. The lowest BCUT2D eigenvalue weighted by Crippen LogP contribution is -2.47. The van der Waals surface area contributed by atoms with Gasteiger partial charge in [0.15, 0.2) is 0 Å². The molecule has 0 spiro atoms. The second kappa shape index (κ2) is 15.1. The fourth-order valence-corrected chi connectivity index (χ4v) is 9.17. The summed E-state index contributed by atoms with van der Waals surface area (Å²) < 4.78 is 12.9. The SMILES string of the molecule is CC/C(=C\c1ccc(O)c2ccccc12)CC[C@H]1OC[C@H]2C1=C(COc1ccccc1)C[C@H]1C(=O)N(C3CCN(Cc4ccccc4)CC3)C(=O)[C@H]12. The maximum atomic E-state index is 14.4. The molecule has 7 heteroatoms. The minimum Gasteiger partial charge on any atom is -0.507 e. The summed E-state index contributed by atoms with van der Waals surface area (Å²) in [6, 6.07) is 32.0. The molecule has 0 radical (unpaired) electrons. The van der Waals surface area contributed by atoms with Gasteiger partial charge in [0.1, 0.15) is 18.1 Å². The molecule has 4 aromatic carbocycles. The van der Waals surface area contributed by atoms with Crippen LogP contribution >= 0.6 is 0 Å². The molecule has 1 N–H and O–H groups in total. The molecule has 4 aliphatic rings. The van der Waals surface area contributed by atoms with Gasteiger partial charge in [0, 0.05) is 37.0 Å². The molecule has 0 bridgehead atoms. The first-order valence-corrected chi connectivity index (χ1v) is 19.0. The number of aromatic hydroxyl groups is 1. The van der Waals surface area contributed by atoms with E-state index in [2.05, 4.69) is 48.2 Å². The Morgan fingerprint density at radius 2 is 1.58 bits per heavy atom. The van der Waals surface area contributed by atoms with Crippen LogP contribution in [-0.4, -0.2) is 65.2 Å². The number of hydrogen-bond donors (Lipinski definition) is 1. The van der Waals surface area contributed by atoms with Gasteiger partial charge < -0.3 is 14.6 Å². The van der Waals surface area contributed by atoms with E-state index in [4.69, 9.17) is 9.47 Å². The van der Waals surface area contributed by atoms with Crippen molar-refractivity contribution in [2.75, 3.05) is 26.3 Å². The highest BCUT2D eigenvalue weighted by atomic mass is 16.5. The summed E-state index contributed by atoms with van der Waals surface area (Å²) in [5, 5.41) is 12.3. The number of benzene rings is 4. The number of amides is 2. The average Bonchev–Trinajstić information content (AvgIpc) is 3.72. The third kappa shape index (κ3) is 6.80. The lowest BCUT2D eigenvalue weighted by atomic mass is 9.69. The Balaban J connectivity index is 1.01. The van der Waals surface area contributed by atoms with Crippen molar-refractivity contribution in [1.82, 2.24) is 9.80 Å². The fourth-order valence-electron chi connectivity index (χ4n) is 9.17. The smallest absolute Gasteiger partial charge is 0.234 e. The maximum absolute atomic E-state index is 14.4. The van der Waals surface area contributed by atoms with Crippen molar-refractivity contribution >= 4 is 28.7 Å².